The number of carbonyl (C=O) groups is 1. The van der Waals surface area contributed by atoms with Gasteiger partial charge in [0.15, 0.2) is 11.6 Å². The molecule has 2 heterocycles. The third-order valence-electron chi connectivity index (χ3n) is 6.17. The van der Waals surface area contributed by atoms with Crippen molar-refractivity contribution in [3.63, 3.8) is 0 Å². The number of aromatic nitrogens is 2. The van der Waals surface area contributed by atoms with Crippen LogP contribution in [-0.4, -0.2) is 27.5 Å². The molecule has 2 saturated carbocycles. The Morgan fingerprint density at radius 2 is 2.03 bits per heavy atom. The van der Waals surface area contributed by atoms with Gasteiger partial charge in [0.05, 0.1) is 23.0 Å². The van der Waals surface area contributed by atoms with Crippen molar-refractivity contribution in [1.29, 1.82) is 0 Å². The highest BCUT2D eigenvalue weighted by Crippen LogP contribution is 2.48. The van der Waals surface area contributed by atoms with Crippen LogP contribution < -0.4 is 22.1 Å². The maximum absolute atomic E-state index is 14.7. The molecule has 8 heteroatoms. The Labute approximate surface area is 169 Å². The normalized spacial score (nSPS) is 24.1. The summed E-state index contributed by atoms with van der Waals surface area (Å²) in [7, 11) is 0. The maximum atomic E-state index is 14.7. The van der Waals surface area contributed by atoms with Gasteiger partial charge in [-0.25, -0.2) is 9.37 Å². The van der Waals surface area contributed by atoms with Gasteiger partial charge in [0.25, 0.3) is 5.91 Å². The number of carbonyl (C=O) groups excluding carboxylic acids is 1. The molecule has 3 atom stereocenters. The zero-order valence-corrected chi connectivity index (χ0v) is 16.9. The van der Waals surface area contributed by atoms with Crippen LogP contribution in [0.5, 0.6) is 0 Å². The lowest BCUT2D eigenvalue weighted by Gasteiger charge is -2.24. The highest BCUT2D eigenvalue weighted by atomic mass is 19.1. The summed E-state index contributed by atoms with van der Waals surface area (Å²) >= 11 is 0. The highest BCUT2D eigenvalue weighted by molar-refractivity contribution is 5.98. The maximum Gasteiger partial charge on any atom is 0.252 e. The first kappa shape index (κ1) is 19.6. The van der Waals surface area contributed by atoms with E-state index in [-0.39, 0.29) is 23.2 Å². The fourth-order valence-electron chi connectivity index (χ4n) is 4.01. The van der Waals surface area contributed by atoms with Crippen molar-refractivity contribution in [3.8, 4) is 0 Å². The Hall–Kier alpha value is -2.74. The van der Waals surface area contributed by atoms with Crippen LogP contribution in [0, 0.1) is 18.7 Å². The molecular weight excluding hydrogens is 371 g/mol. The van der Waals surface area contributed by atoms with Gasteiger partial charge in [-0.1, -0.05) is 6.92 Å². The van der Waals surface area contributed by atoms with Crippen LogP contribution in [0.1, 0.15) is 60.6 Å². The van der Waals surface area contributed by atoms with Crippen molar-refractivity contribution >= 4 is 23.2 Å². The minimum atomic E-state index is -0.755. The number of hydrogen-bond acceptors (Lipinski definition) is 6. The van der Waals surface area contributed by atoms with E-state index in [4.69, 9.17) is 11.5 Å². The predicted octanol–water partition coefficient (Wildman–Crippen LogP) is 3.18. The average molecular weight is 398 g/mol. The van der Waals surface area contributed by atoms with Crippen molar-refractivity contribution in [2.75, 3.05) is 10.6 Å². The number of nitrogens with two attached hydrogens (primary N) is 2. The molecule has 2 unspecified atom stereocenters. The van der Waals surface area contributed by atoms with E-state index in [1.807, 2.05) is 19.9 Å². The summed E-state index contributed by atoms with van der Waals surface area (Å²) in [5, 5.41) is 6.28. The van der Waals surface area contributed by atoms with Crippen molar-refractivity contribution in [2.45, 2.75) is 57.5 Å². The van der Waals surface area contributed by atoms with Crippen LogP contribution in [-0.2, 0) is 0 Å². The van der Waals surface area contributed by atoms with Gasteiger partial charge in [0.1, 0.15) is 5.82 Å². The van der Waals surface area contributed by atoms with Gasteiger partial charge in [-0.3, -0.25) is 9.78 Å². The van der Waals surface area contributed by atoms with Crippen molar-refractivity contribution in [3.05, 3.63) is 41.0 Å². The number of amides is 1. The smallest absolute Gasteiger partial charge is 0.252 e. The molecule has 29 heavy (non-hydrogen) atoms. The second kappa shape index (κ2) is 6.95. The Kier molecular flexibility index (Phi) is 4.69. The zero-order valence-electron chi connectivity index (χ0n) is 16.9. The van der Waals surface area contributed by atoms with Gasteiger partial charge < -0.3 is 22.1 Å². The largest absolute Gasteiger partial charge is 0.365 e. The summed E-state index contributed by atoms with van der Waals surface area (Å²) in [6.45, 7) is 5.93. The molecule has 154 valence electrons. The van der Waals surface area contributed by atoms with Gasteiger partial charge in [0, 0.05) is 11.7 Å². The van der Waals surface area contributed by atoms with Crippen LogP contribution in [0.3, 0.4) is 0 Å². The van der Waals surface area contributed by atoms with Gasteiger partial charge in [-0.05, 0) is 62.6 Å². The number of rotatable bonds is 7. The topological polar surface area (TPSA) is 119 Å². The SMILES string of the molecule is Cc1ncc(Nc2nc(NC3([C@H](C)N)CC3C)c(F)cc2C(N)=O)cc1C1CC1. The molecule has 0 aliphatic heterocycles. The summed E-state index contributed by atoms with van der Waals surface area (Å²) in [5.74, 6) is -0.304. The van der Waals surface area contributed by atoms with E-state index in [0.29, 0.717) is 17.5 Å². The summed E-state index contributed by atoms with van der Waals surface area (Å²) in [4.78, 5) is 20.7. The number of aryl methyl sites for hydroxylation is 1. The molecule has 2 fully saturated rings. The number of pyridine rings is 2. The van der Waals surface area contributed by atoms with Crippen LogP contribution in [0.4, 0.5) is 21.7 Å². The predicted molar refractivity (Wildman–Crippen MR) is 111 cm³/mol. The van der Waals surface area contributed by atoms with Crippen molar-refractivity contribution in [2.24, 2.45) is 17.4 Å². The highest BCUT2D eigenvalue weighted by Gasteiger charge is 2.54. The van der Waals surface area contributed by atoms with E-state index in [2.05, 4.69) is 27.5 Å². The van der Waals surface area contributed by atoms with Crippen LogP contribution in [0.2, 0.25) is 0 Å². The summed E-state index contributed by atoms with van der Waals surface area (Å²) < 4.78 is 14.7. The van der Waals surface area contributed by atoms with Crippen molar-refractivity contribution in [1.82, 2.24) is 9.97 Å². The zero-order chi connectivity index (χ0) is 20.9. The molecule has 0 spiro atoms. The molecule has 0 radical (unpaired) electrons. The molecule has 2 aromatic rings. The minimum absolute atomic E-state index is 0.0136. The Morgan fingerprint density at radius 1 is 1.34 bits per heavy atom. The summed E-state index contributed by atoms with van der Waals surface area (Å²) in [6, 6.07) is 2.95. The molecule has 0 aromatic carbocycles. The molecule has 2 aliphatic carbocycles. The number of nitrogens with zero attached hydrogens (tertiary/aromatic N) is 2. The van der Waals surface area contributed by atoms with Crippen molar-refractivity contribution < 1.29 is 9.18 Å². The number of hydrogen-bond donors (Lipinski definition) is 4. The second-order valence-corrected chi connectivity index (χ2v) is 8.44. The first-order chi connectivity index (χ1) is 13.7. The fourth-order valence-corrected chi connectivity index (χ4v) is 4.01. The molecule has 0 bridgehead atoms. The van der Waals surface area contributed by atoms with E-state index in [1.165, 1.54) is 5.56 Å². The van der Waals surface area contributed by atoms with E-state index < -0.39 is 17.3 Å². The Bertz CT molecular complexity index is 974. The quantitative estimate of drug-likeness (QED) is 0.569. The number of primary amides is 1. The fraction of sp³-hybridized carbons (Fsp3) is 0.476. The molecule has 2 aromatic heterocycles. The standard InChI is InChI=1S/C21H27FN6O/c1-10-8-21(10,12(3)23)28-20-17(22)7-16(18(24)29)19(27-20)26-14-6-15(13-4-5-13)11(2)25-9-14/h6-7,9-10,12-13H,4-5,8,23H2,1-3H3,(H2,24,29)(H2,26,27,28)/t10?,12-,21?/m0/s1. The average Bonchev–Trinajstić information content (AvgIpc) is 3.57. The summed E-state index contributed by atoms with van der Waals surface area (Å²) in [6.07, 6.45) is 4.81. The van der Waals surface area contributed by atoms with E-state index in [1.54, 1.807) is 6.20 Å². The van der Waals surface area contributed by atoms with Crippen LogP contribution in [0.15, 0.2) is 18.3 Å². The lowest BCUT2D eigenvalue weighted by Crippen LogP contribution is -2.42. The van der Waals surface area contributed by atoms with Crippen LogP contribution >= 0.6 is 0 Å². The minimum Gasteiger partial charge on any atom is -0.365 e. The Balaban J connectivity index is 1.68. The lowest BCUT2D eigenvalue weighted by molar-refractivity contribution is 0.100. The van der Waals surface area contributed by atoms with E-state index >= 15 is 0 Å². The molecule has 4 rings (SSSR count). The molecule has 7 nitrogen and oxygen atoms in total. The number of anilines is 3. The number of nitrogens with one attached hydrogen (secondary N) is 2. The monoisotopic (exact) mass is 398 g/mol. The van der Waals surface area contributed by atoms with Gasteiger partial charge in [-0.2, -0.15) is 0 Å². The van der Waals surface area contributed by atoms with Gasteiger partial charge in [0.2, 0.25) is 0 Å². The van der Waals surface area contributed by atoms with E-state index in [9.17, 15) is 9.18 Å². The summed E-state index contributed by atoms with van der Waals surface area (Å²) in [5.41, 5.74) is 14.0. The first-order valence-corrected chi connectivity index (χ1v) is 9.99. The Morgan fingerprint density at radius 3 is 2.59 bits per heavy atom. The molecule has 6 N–H and O–H groups in total. The lowest BCUT2D eigenvalue weighted by atomic mass is 10.1. The van der Waals surface area contributed by atoms with E-state index in [0.717, 1.165) is 31.0 Å². The third-order valence-corrected chi connectivity index (χ3v) is 6.17. The molecule has 0 saturated heterocycles. The second-order valence-electron chi connectivity index (χ2n) is 8.44. The number of halogens is 1. The third kappa shape index (κ3) is 3.64. The molecular formula is C21H27FN6O. The first-order valence-electron chi connectivity index (χ1n) is 9.99. The molecule has 2 aliphatic rings. The van der Waals surface area contributed by atoms with Gasteiger partial charge >= 0.3 is 0 Å². The molecule has 1 amide bonds. The van der Waals surface area contributed by atoms with Gasteiger partial charge in [-0.15, -0.1) is 0 Å². The van der Waals surface area contributed by atoms with Crippen LogP contribution in [0.25, 0.3) is 0 Å².